The number of nitrogens with one attached hydrogen (secondary N) is 1. The molecule has 0 unspecified atom stereocenters. The normalized spacial score (nSPS) is 11.2. The highest BCUT2D eigenvalue weighted by Gasteiger charge is 2.30. The molecule has 0 fully saturated rings. The average molecular weight is 324 g/mol. The highest BCUT2D eigenvalue weighted by atomic mass is 19.4. The van der Waals surface area contributed by atoms with E-state index in [0.29, 0.717) is 11.6 Å². The van der Waals surface area contributed by atoms with Crippen LogP contribution in [-0.4, -0.2) is 30.0 Å². The third kappa shape index (κ3) is 4.41. The summed E-state index contributed by atoms with van der Waals surface area (Å²) < 4.78 is 37.9. The van der Waals surface area contributed by atoms with Gasteiger partial charge in [0.2, 0.25) is 5.95 Å². The zero-order chi connectivity index (χ0) is 17.0. The molecule has 23 heavy (non-hydrogen) atoms. The number of amides is 1. The standard InChI is InChI=1S/C15H15F3N4O/c1-22(2)14-19-7-6-12(21-14)9-20-13(23)10-4-3-5-11(8-10)15(16,17)18/h3-8H,9H2,1-2H3,(H,20,23). The number of halogens is 3. The Kier molecular flexibility index (Phi) is 4.83. The van der Waals surface area contributed by atoms with Gasteiger partial charge in [-0.2, -0.15) is 13.2 Å². The maximum Gasteiger partial charge on any atom is 0.416 e. The molecule has 0 aliphatic carbocycles. The predicted octanol–water partition coefficient (Wildman–Crippen LogP) is 2.49. The van der Waals surface area contributed by atoms with E-state index in [1.807, 2.05) is 0 Å². The molecule has 8 heteroatoms. The molecular formula is C15H15F3N4O. The molecule has 1 aromatic heterocycles. The van der Waals surface area contributed by atoms with Crippen LogP contribution in [0.5, 0.6) is 0 Å². The molecule has 0 atom stereocenters. The van der Waals surface area contributed by atoms with Crippen LogP contribution >= 0.6 is 0 Å². The number of carbonyl (C=O) groups excluding carboxylic acids is 1. The van der Waals surface area contributed by atoms with Gasteiger partial charge in [-0.05, 0) is 24.3 Å². The molecule has 0 radical (unpaired) electrons. The predicted molar refractivity (Wildman–Crippen MR) is 79.0 cm³/mol. The van der Waals surface area contributed by atoms with Crippen LogP contribution in [0.4, 0.5) is 19.1 Å². The monoisotopic (exact) mass is 324 g/mol. The second-order valence-corrected chi connectivity index (χ2v) is 5.00. The zero-order valence-corrected chi connectivity index (χ0v) is 12.6. The van der Waals surface area contributed by atoms with Crippen LogP contribution in [0.3, 0.4) is 0 Å². The molecule has 0 aliphatic rings. The Labute approximate surface area is 131 Å². The van der Waals surface area contributed by atoms with E-state index in [2.05, 4.69) is 15.3 Å². The topological polar surface area (TPSA) is 58.1 Å². The van der Waals surface area contributed by atoms with Crippen LogP contribution in [0.2, 0.25) is 0 Å². The van der Waals surface area contributed by atoms with Crippen molar-refractivity contribution in [3.8, 4) is 0 Å². The fraction of sp³-hybridized carbons (Fsp3) is 0.267. The summed E-state index contributed by atoms with van der Waals surface area (Å²) in [6.07, 6.45) is -2.93. The highest BCUT2D eigenvalue weighted by Crippen LogP contribution is 2.29. The summed E-state index contributed by atoms with van der Waals surface area (Å²) in [6, 6.07) is 5.90. The van der Waals surface area contributed by atoms with Crippen molar-refractivity contribution in [1.82, 2.24) is 15.3 Å². The first-order chi connectivity index (χ1) is 10.8. The summed E-state index contributed by atoms with van der Waals surface area (Å²) in [7, 11) is 3.56. The molecule has 122 valence electrons. The third-order valence-corrected chi connectivity index (χ3v) is 2.98. The van der Waals surface area contributed by atoms with Gasteiger partial charge in [-0.15, -0.1) is 0 Å². The molecule has 0 saturated heterocycles. The Balaban J connectivity index is 2.07. The molecule has 2 aromatic rings. The maximum absolute atomic E-state index is 12.6. The number of alkyl halides is 3. The number of benzene rings is 1. The fourth-order valence-corrected chi connectivity index (χ4v) is 1.81. The number of anilines is 1. The molecule has 1 aromatic carbocycles. The summed E-state index contributed by atoms with van der Waals surface area (Å²) >= 11 is 0. The Bertz CT molecular complexity index is 701. The van der Waals surface area contributed by atoms with Gasteiger partial charge in [0.25, 0.3) is 5.91 Å². The summed E-state index contributed by atoms with van der Waals surface area (Å²) in [5.41, 5.74) is -0.354. The van der Waals surface area contributed by atoms with Crippen LogP contribution < -0.4 is 10.2 Å². The number of carbonyl (C=O) groups is 1. The number of hydrogen-bond donors (Lipinski definition) is 1. The second kappa shape index (κ2) is 6.64. The molecule has 1 heterocycles. The van der Waals surface area contributed by atoms with Crippen LogP contribution in [0.25, 0.3) is 0 Å². The molecule has 2 rings (SSSR count). The molecular weight excluding hydrogens is 309 g/mol. The molecule has 0 bridgehead atoms. The lowest BCUT2D eigenvalue weighted by atomic mass is 10.1. The first-order valence-corrected chi connectivity index (χ1v) is 6.72. The SMILES string of the molecule is CN(C)c1nccc(CNC(=O)c2cccc(C(F)(F)F)c2)n1. The second-order valence-electron chi connectivity index (χ2n) is 5.00. The smallest absolute Gasteiger partial charge is 0.347 e. The van der Waals surface area contributed by atoms with Gasteiger partial charge in [0.1, 0.15) is 0 Å². The Morgan fingerprint density at radius 2 is 2.00 bits per heavy atom. The van der Waals surface area contributed by atoms with Gasteiger partial charge in [0.05, 0.1) is 17.8 Å². The Morgan fingerprint density at radius 3 is 2.65 bits per heavy atom. The van der Waals surface area contributed by atoms with Crippen LogP contribution in [0.1, 0.15) is 21.6 Å². The average Bonchev–Trinajstić information content (AvgIpc) is 2.52. The minimum atomic E-state index is -4.48. The van der Waals surface area contributed by atoms with Gasteiger partial charge in [-0.1, -0.05) is 6.07 Å². The Morgan fingerprint density at radius 1 is 1.26 bits per heavy atom. The lowest BCUT2D eigenvalue weighted by Crippen LogP contribution is -2.24. The van der Waals surface area contributed by atoms with E-state index in [4.69, 9.17) is 0 Å². The highest BCUT2D eigenvalue weighted by molar-refractivity contribution is 5.94. The van der Waals surface area contributed by atoms with E-state index < -0.39 is 17.6 Å². The number of aromatic nitrogens is 2. The summed E-state index contributed by atoms with van der Waals surface area (Å²) in [5, 5.41) is 2.54. The van der Waals surface area contributed by atoms with Gasteiger partial charge in [0.15, 0.2) is 0 Å². The van der Waals surface area contributed by atoms with Crippen LogP contribution in [-0.2, 0) is 12.7 Å². The van der Waals surface area contributed by atoms with Crippen molar-refractivity contribution in [2.45, 2.75) is 12.7 Å². The van der Waals surface area contributed by atoms with E-state index in [1.54, 1.807) is 31.3 Å². The maximum atomic E-state index is 12.6. The van der Waals surface area contributed by atoms with E-state index in [0.717, 1.165) is 12.1 Å². The van der Waals surface area contributed by atoms with Crippen LogP contribution in [0.15, 0.2) is 36.5 Å². The molecule has 0 saturated carbocycles. The van der Waals surface area contributed by atoms with E-state index in [-0.39, 0.29) is 12.1 Å². The number of hydrogen-bond acceptors (Lipinski definition) is 4. The molecule has 1 amide bonds. The number of rotatable bonds is 4. The first kappa shape index (κ1) is 16.7. The van der Waals surface area contributed by atoms with Crippen molar-refractivity contribution in [2.24, 2.45) is 0 Å². The minimum absolute atomic E-state index is 0.0540. The van der Waals surface area contributed by atoms with Crippen molar-refractivity contribution < 1.29 is 18.0 Å². The third-order valence-electron chi connectivity index (χ3n) is 2.98. The van der Waals surface area contributed by atoms with Crippen LogP contribution in [0, 0.1) is 0 Å². The Hall–Kier alpha value is -2.64. The van der Waals surface area contributed by atoms with Crippen molar-refractivity contribution in [3.63, 3.8) is 0 Å². The fourth-order valence-electron chi connectivity index (χ4n) is 1.81. The minimum Gasteiger partial charge on any atom is -0.347 e. The molecule has 0 aliphatic heterocycles. The van der Waals surface area contributed by atoms with Gasteiger partial charge in [-0.25, -0.2) is 9.97 Å². The molecule has 1 N–H and O–H groups in total. The van der Waals surface area contributed by atoms with Crippen molar-refractivity contribution >= 4 is 11.9 Å². The van der Waals surface area contributed by atoms with E-state index in [1.165, 1.54) is 12.1 Å². The van der Waals surface area contributed by atoms with E-state index >= 15 is 0 Å². The molecule has 0 spiro atoms. The lowest BCUT2D eigenvalue weighted by Gasteiger charge is -2.11. The lowest BCUT2D eigenvalue weighted by molar-refractivity contribution is -0.137. The first-order valence-electron chi connectivity index (χ1n) is 6.72. The van der Waals surface area contributed by atoms with Crippen molar-refractivity contribution in [3.05, 3.63) is 53.3 Å². The number of nitrogens with zero attached hydrogens (tertiary/aromatic N) is 3. The van der Waals surface area contributed by atoms with Crippen molar-refractivity contribution in [1.29, 1.82) is 0 Å². The van der Waals surface area contributed by atoms with Gasteiger partial charge in [-0.3, -0.25) is 4.79 Å². The van der Waals surface area contributed by atoms with E-state index in [9.17, 15) is 18.0 Å². The summed E-state index contributed by atoms with van der Waals surface area (Å²) in [5.74, 6) is -0.114. The van der Waals surface area contributed by atoms with Gasteiger partial charge >= 0.3 is 6.18 Å². The summed E-state index contributed by atoms with van der Waals surface area (Å²) in [4.78, 5) is 21.9. The zero-order valence-electron chi connectivity index (χ0n) is 12.6. The quantitative estimate of drug-likeness (QED) is 0.939. The van der Waals surface area contributed by atoms with Crippen molar-refractivity contribution in [2.75, 3.05) is 19.0 Å². The molecule has 5 nitrogen and oxygen atoms in total. The summed E-state index contributed by atoms with van der Waals surface area (Å²) in [6.45, 7) is 0.0957. The largest absolute Gasteiger partial charge is 0.416 e. The van der Waals surface area contributed by atoms with Gasteiger partial charge < -0.3 is 10.2 Å². The van der Waals surface area contributed by atoms with Gasteiger partial charge in [0, 0.05) is 25.9 Å².